The molecule has 0 aromatic carbocycles. The second-order valence-electron chi connectivity index (χ2n) is 8.03. The summed E-state index contributed by atoms with van der Waals surface area (Å²) in [4.78, 5) is 30.2. The van der Waals surface area contributed by atoms with E-state index in [9.17, 15) is 9.59 Å². The molecule has 1 fully saturated rings. The zero-order chi connectivity index (χ0) is 19.7. The lowest BCUT2D eigenvalue weighted by Crippen LogP contribution is -2.47. The second kappa shape index (κ2) is 7.64. The number of carbonyl (C=O) groups is 1. The highest BCUT2D eigenvalue weighted by molar-refractivity contribution is 6.41. The first kappa shape index (κ1) is 20.8. The van der Waals surface area contributed by atoms with Crippen LogP contribution in [-0.2, 0) is 11.8 Å². The molecule has 0 radical (unpaired) electrons. The van der Waals surface area contributed by atoms with Gasteiger partial charge in [0.05, 0.1) is 0 Å². The Morgan fingerprint density at radius 2 is 1.88 bits per heavy atom. The highest BCUT2D eigenvalue weighted by Crippen LogP contribution is 2.32. The zero-order valence-corrected chi connectivity index (χ0v) is 17.4. The normalized spacial score (nSPS) is 17.1. The molecular weight excluding hydrogens is 379 g/mol. The molecule has 26 heavy (non-hydrogen) atoms. The first-order valence-corrected chi connectivity index (χ1v) is 9.31. The lowest BCUT2D eigenvalue weighted by molar-refractivity contribution is 0.0495. The minimum atomic E-state index is -0.515. The number of hydrogen-bond donors (Lipinski definition) is 1. The molecule has 0 aliphatic carbocycles. The van der Waals surface area contributed by atoms with Crippen LogP contribution in [0.1, 0.15) is 40.5 Å². The van der Waals surface area contributed by atoms with Crippen LogP contribution >= 0.6 is 23.2 Å². The van der Waals surface area contributed by atoms with Crippen molar-refractivity contribution < 1.29 is 9.53 Å². The van der Waals surface area contributed by atoms with E-state index < -0.39 is 11.7 Å². The number of nitrogens with zero attached hydrogens (tertiary/aromatic N) is 3. The van der Waals surface area contributed by atoms with Crippen molar-refractivity contribution in [3.63, 3.8) is 0 Å². The summed E-state index contributed by atoms with van der Waals surface area (Å²) < 4.78 is 6.69. The smallest absolute Gasteiger partial charge is 0.407 e. The summed E-state index contributed by atoms with van der Waals surface area (Å²) in [5.41, 5.74) is -0.928. The summed E-state index contributed by atoms with van der Waals surface area (Å²) >= 11 is 11.8. The van der Waals surface area contributed by atoms with E-state index >= 15 is 0 Å². The van der Waals surface area contributed by atoms with Crippen LogP contribution in [0, 0.1) is 5.41 Å². The maximum atomic E-state index is 12.1. The molecule has 146 valence electrons. The van der Waals surface area contributed by atoms with Crippen molar-refractivity contribution in [3.05, 3.63) is 20.5 Å². The van der Waals surface area contributed by atoms with Gasteiger partial charge in [-0.3, -0.25) is 9.36 Å². The van der Waals surface area contributed by atoms with E-state index in [-0.39, 0.29) is 21.2 Å². The Morgan fingerprint density at radius 1 is 1.31 bits per heavy atom. The fourth-order valence-corrected chi connectivity index (χ4v) is 3.17. The van der Waals surface area contributed by atoms with E-state index in [1.165, 1.54) is 4.57 Å². The third-order valence-electron chi connectivity index (χ3n) is 4.48. The molecule has 9 heteroatoms. The van der Waals surface area contributed by atoms with Crippen molar-refractivity contribution in [3.8, 4) is 0 Å². The average molecular weight is 405 g/mol. The lowest BCUT2D eigenvalue weighted by atomic mass is 9.80. The van der Waals surface area contributed by atoms with Gasteiger partial charge in [0.2, 0.25) is 5.95 Å². The third-order valence-corrected chi connectivity index (χ3v) is 5.19. The Balaban J connectivity index is 1.98. The lowest BCUT2D eigenvalue weighted by Gasteiger charge is -2.40. The molecule has 1 aliphatic rings. The third kappa shape index (κ3) is 5.04. The van der Waals surface area contributed by atoms with Gasteiger partial charge >= 0.3 is 6.09 Å². The Morgan fingerprint density at radius 3 is 2.42 bits per heavy atom. The van der Waals surface area contributed by atoms with Gasteiger partial charge in [-0.15, -0.1) is 0 Å². The van der Waals surface area contributed by atoms with E-state index in [2.05, 4.69) is 17.2 Å². The SMILES string of the molecule is Cn1c(N2CCC(C)(CNC(=O)OC(C)(C)C)CC2)nc(Cl)c(Cl)c1=O. The number of anilines is 1. The number of alkyl carbamates (subject to hydrolysis) is 1. The Hall–Kier alpha value is -1.47. The fourth-order valence-electron chi connectivity index (χ4n) is 2.84. The number of nitrogens with one attached hydrogen (secondary N) is 1. The largest absolute Gasteiger partial charge is 0.444 e. The predicted octanol–water partition coefficient (Wildman–Crippen LogP) is 3.22. The van der Waals surface area contributed by atoms with Crippen LogP contribution in [0.15, 0.2) is 4.79 Å². The Bertz CT molecular complexity index is 735. The van der Waals surface area contributed by atoms with Gasteiger partial charge in [0.1, 0.15) is 10.6 Å². The van der Waals surface area contributed by atoms with Crippen molar-refractivity contribution in [2.24, 2.45) is 12.5 Å². The van der Waals surface area contributed by atoms with E-state index in [1.54, 1.807) is 7.05 Å². The fraction of sp³-hybridized carbons (Fsp3) is 0.706. The van der Waals surface area contributed by atoms with Crippen molar-refractivity contribution in [2.75, 3.05) is 24.5 Å². The molecule has 1 N–H and O–H groups in total. The summed E-state index contributed by atoms with van der Waals surface area (Å²) in [6, 6.07) is 0. The van der Waals surface area contributed by atoms with Gasteiger partial charge in [0, 0.05) is 26.7 Å². The number of hydrogen-bond acceptors (Lipinski definition) is 5. The number of amides is 1. The molecule has 1 aliphatic heterocycles. The molecule has 0 saturated carbocycles. The molecule has 0 bridgehead atoms. The quantitative estimate of drug-likeness (QED) is 0.782. The van der Waals surface area contributed by atoms with Gasteiger partial charge < -0.3 is 15.0 Å². The van der Waals surface area contributed by atoms with Gasteiger partial charge in [-0.05, 0) is 39.0 Å². The van der Waals surface area contributed by atoms with Crippen LogP contribution in [0.5, 0.6) is 0 Å². The van der Waals surface area contributed by atoms with Crippen LogP contribution in [-0.4, -0.2) is 40.9 Å². The predicted molar refractivity (Wildman–Crippen MR) is 103 cm³/mol. The molecule has 0 atom stereocenters. The number of rotatable bonds is 3. The van der Waals surface area contributed by atoms with Crippen LogP contribution in [0.25, 0.3) is 0 Å². The van der Waals surface area contributed by atoms with Crippen molar-refractivity contribution in [2.45, 2.75) is 46.1 Å². The summed E-state index contributed by atoms with van der Waals surface area (Å²) in [6.45, 7) is 9.56. The number of piperidine rings is 1. The minimum absolute atomic E-state index is 0.0182. The Labute approximate surface area is 163 Å². The molecule has 7 nitrogen and oxygen atoms in total. The van der Waals surface area contributed by atoms with E-state index in [1.807, 2.05) is 25.7 Å². The number of halogens is 2. The standard InChI is InChI=1S/C17H26Cl2N4O3/c1-16(2,3)26-15(25)20-10-17(4)6-8-23(9-7-17)14-21-12(19)11(18)13(24)22(14)5/h6-10H2,1-5H3,(H,20,25). The summed E-state index contributed by atoms with van der Waals surface area (Å²) in [6.07, 6.45) is 1.26. The number of ether oxygens (including phenoxy) is 1. The molecule has 1 saturated heterocycles. The van der Waals surface area contributed by atoms with E-state index in [0.29, 0.717) is 25.6 Å². The minimum Gasteiger partial charge on any atom is -0.444 e. The first-order chi connectivity index (χ1) is 11.9. The molecule has 2 heterocycles. The van der Waals surface area contributed by atoms with Crippen LogP contribution in [0.2, 0.25) is 10.2 Å². The number of carbonyl (C=O) groups excluding carboxylic acids is 1. The van der Waals surface area contributed by atoms with E-state index in [4.69, 9.17) is 27.9 Å². The maximum absolute atomic E-state index is 12.1. The summed E-state index contributed by atoms with van der Waals surface area (Å²) in [5, 5.41) is 2.80. The molecule has 1 aromatic heterocycles. The molecule has 0 spiro atoms. The average Bonchev–Trinajstić information content (AvgIpc) is 2.54. The monoisotopic (exact) mass is 404 g/mol. The first-order valence-electron chi connectivity index (χ1n) is 8.56. The van der Waals surface area contributed by atoms with Gasteiger partial charge in [-0.25, -0.2) is 9.78 Å². The van der Waals surface area contributed by atoms with Gasteiger partial charge in [0.25, 0.3) is 5.56 Å². The molecule has 0 unspecified atom stereocenters. The van der Waals surface area contributed by atoms with Crippen LogP contribution in [0.4, 0.5) is 10.7 Å². The summed E-state index contributed by atoms with van der Waals surface area (Å²) in [7, 11) is 1.63. The summed E-state index contributed by atoms with van der Waals surface area (Å²) in [5.74, 6) is 0.506. The van der Waals surface area contributed by atoms with Crippen molar-refractivity contribution in [1.82, 2.24) is 14.9 Å². The zero-order valence-electron chi connectivity index (χ0n) is 15.9. The highest BCUT2D eigenvalue weighted by atomic mass is 35.5. The van der Waals surface area contributed by atoms with Crippen molar-refractivity contribution >= 4 is 35.2 Å². The Kier molecular flexibility index (Phi) is 6.13. The molecule has 1 aromatic rings. The second-order valence-corrected chi connectivity index (χ2v) is 8.77. The molecule has 2 rings (SSSR count). The van der Waals surface area contributed by atoms with Gasteiger partial charge in [-0.1, -0.05) is 30.1 Å². The van der Waals surface area contributed by atoms with Gasteiger partial charge in [-0.2, -0.15) is 0 Å². The molecule has 1 amide bonds. The van der Waals surface area contributed by atoms with Crippen LogP contribution in [0.3, 0.4) is 0 Å². The maximum Gasteiger partial charge on any atom is 0.407 e. The van der Waals surface area contributed by atoms with Crippen molar-refractivity contribution in [1.29, 1.82) is 0 Å². The highest BCUT2D eigenvalue weighted by Gasteiger charge is 2.32. The van der Waals surface area contributed by atoms with Gasteiger partial charge in [0.15, 0.2) is 5.15 Å². The van der Waals surface area contributed by atoms with Crippen LogP contribution < -0.4 is 15.8 Å². The number of aromatic nitrogens is 2. The topological polar surface area (TPSA) is 76.5 Å². The molecular formula is C17H26Cl2N4O3. The van der Waals surface area contributed by atoms with E-state index in [0.717, 1.165) is 12.8 Å².